The minimum absolute atomic E-state index is 0.00646. The molecule has 0 saturated heterocycles. The Kier molecular flexibility index (Phi) is 4.92. The summed E-state index contributed by atoms with van der Waals surface area (Å²) in [6.07, 6.45) is -0.0687. The van der Waals surface area contributed by atoms with Crippen molar-refractivity contribution in [3.8, 4) is 0 Å². The third-order valence-electron chi connectivity index (χ3n) is 2.83. The van der Waals surface area contributed by atoms with Gasteiger partial charge >= 0.3 is 11.9 Å². The molecule has 0 aromatic carbocycles. The fourth-order valence-electron chi connectivity index (χ4n) is 1.73. The van der Waals surface area contributed by atoms with E-state index in [0.717, 1.165) is 9.40 Å². The number of hydrogen-bond acceptors (Lipinski definition) is 6. The number of aliphatic carboxylic acids is 1. The zero-order chi connectivity index (χ0) is 15.4. The van der Waals surface area contributed by atoms with Gasteiger partial charge in [-0.25, -0.2) is 4.79 Å². The Balaban J connectivity index is 2.02. The van der Waals surface area contributed by atoms with Gasteiger partial charge in [-0.3, -0.25) is 9.59 Å². The summed E-state index contributed by atoms with van der Waals surface area (Å²) in [6, 6.07) is 2.53. The third-order valence-corrected chi connectivity index (χ3v) is 4.92. The van der Waals surface area contributed by atoms with Gasteiger partial charge in [0.1, 0.15) is 6.04 Å². The predicted octanol–water partition coefficient (Wildman–Crippen LogP) is 2.10. The molecule has 112 valence electrons. The van der Waals surface area contributed by atoms with E-state index in [9.17, 15) is 14.4 Å². The van der Waals surface area contributed by atoms with E-state index in [0.29, 0.717) is 4.88 Å². The molecule has 2 heterocycles. The van der Waals surface area contributed by atoms with Gasteiger partial charge in [-0.15, -0.1) is 22.7 Å². The van der Waals surface area contributed by atoms with Crippen LogP contribution < -0.4 is 5.32 Å². The Morgan fingerprint density at radius 2 is 2.14 bits per heavy atom. The average Bonchev–Trinajstić information content (AvgIpc) is 3.03. The van der Waals surface area contributed by atoms with Gasteiger partial charge in [-0.05, 0) is 23.9 Å². The lowest BCUT2D eigenvalue weighted by molar-refractivity contribution is -0.142. The molecule has 2 rings (SSSR count). The van der Waals surface area contributed by atoms with Gasteiger partial charge in [0.2, 0.25) is 0 Å². The Morgan fingerprint density at radius 3 is 2.76 bits per heavy atom. The molecule has 1 atom stereocenters. The number of nitrogens with one attached hydrogen (secondary N) is 1. The molecule has 0 aliphatic rings. The van der Waals surface area contributed by atoms with Gasteiger partial charge in [-0.2, -0.15) is 0 Å². The number of ether oxygens (including phenoxy) is 1. The zero-order valence-corrected chi connectivity index (χ0v) is 12.8. The normalized spacial score (nSPS) is 12.0. The number of esters is 1. The molecule has 0 saturated carbocycles. The quantitative estimate of drug-likeness (QED) is 0.793. The van der Waals surface area contributed by atoms with Gasteiger partial charge in [0, 0.05) is 15.8 Å². The van der Waals surface area contributed by atoms with E-state index in [4.69, 9.17) is 5.11 Å². The first-order chi connectivity index (χ1) is 10.0. The highest BCUT2D eigenvalue weighted by Crippen LogP contribution is 2.29. The second-order valence-corrected chi connectivity index (χ2v) is 6.27. The maximum Gasteiger partial charge on any atom is 0.326 e. The van der Waals surface area contributed by atoms with E-state index in [-0.39, 0.29) is 12.8 Å². The molecule has 0 radical (unpaired) electrons. The SMILES string of the molecule is COC(=O)CCC(NC(=O)c1cc2sccc2s1)C(=O)O. The standard InChI is InChI=1S/C13H13NO5S2/c1-19-11(15)3-2-7(13(17)18)14-12(16)10-6-9-8(21-10)4-5-20-9/h4-7H,2-3H2,1H3,(H,14,16)(H,17,18). The summed E-state index contributed by atoms with van der Waals surface area (Å²) in [4.78, 5) is 34.7. The third kappa shape index (κ3) is 3.79. The molecule has 2 aromatic rings. The van der Waals surface area contributed by atoms with Crippen LogP contribution in [0.15, 0.2) is 17.5 Å². The van der Waals surface area contributed by atoms with Gasteiger partial charge < -0.3 is 15.2 Å². The molecule has 0 spiro atoms. The maximum atomic E-state index is 12.1. The number of rotatable bonds is 6. The van der Waals surface area contributed by atoms with Crippen LogP contribution in [0, 0.1) is 0 Å². The average molecular weight is 327 g/mol. The van der Waals surface area contributed by atoms with Crippen molar-refractivity contribution < 1.29 is 24.2 Å². The molecule has 8 heteroatoms. The van der Waals surface area contributed by atoms with Crippen molar-refractivity contribution in [2.75, 3.05) is 7.11 Å². The highest BCUT2D eigenvalue weighted by atomic mass is 32.1. The number of hydrogen-bond donors (Lipinski definition) is 2. The van der Waals surface area contributed by atoms with Crippen molar-refractivity contribution in [2.24, 2.45) is 0 Å². The first-order valence-corrected chi connectivity index (χ1v) is 7.78. The van der Waals surface area contributed by atoms with Crippen LogP contribution >= 0.6 is 22.7 Å². The van der Waals surface area contributed by atoms with Crippen LogP contribution in [0.1, 0.15) is 22.5 Å². The molecular weight excluding hydrogens is 314 g/mol. The second-order valence-electron chi connectivity index (χ2n) is 4.24. The summed E-state index contributed by atoms with van der Waals surface area (Å²) in [6.45, 7) is 0. The van der Waals surface area contributed by atoms with E-state index in [1.807, 2.05) is 11.4 Å². The summed E-state index contributed by atoms with van der Waals surface area (Å²) in [5.74, 6) is -2.13. The number of carbonyl (C=O) groups excluding carboxylic acids is 2. The Morgan fingerprint density at radius 1 is 1.38 bits per heavy atom. The van der Waals surface area contributed by atoms with Gasteiger partial charge in [0.25, 0.3) is 5.91 Å². The van der Waals surface area contributed by atoms with Crippen molar-refractivity contribution in [3.05, 3.63) is 22.4 Å². The summed E-state index contributed by atoms with van der Waals surface area (Å²) < 4.78 is 6.44. The molecule has 6 nitrogen and oxygen atoms in total. The molecule has 2 N–H and O–H groups in total. The molecule has 1 amide bonds. The highest BCUT2D eigenvalue weighted by molar-refractivity contribution is 7.27. The van der Waals surface area contributed by atoms with Crippen molar-refractivity contribution in [1.82, 2.24) is 5.32 Å². The fourth-order valence-corrected chi connectivity index (χ4v) is 3.74. The largest absolute Gasteiger partial charge is 0.480 e. The van der Waals surface area contributed by atoms with Gasteiger partial charge in [-0.1, -0.05) is 0 Å². The number of fused-ring (bicyclic) bond motifs is 1. The number of methoxy groups -OCH3 is 1. The van der Waals surface area contributed by atoms with Crippen molar-refractivity contribution in [1.29, 1.82) is 0 Å². The molecule has 0 aliphatic carbocycles. The molecular formula is C13H13NO5S2. The Hall–Kier alpha value is -1.93. The van der Waals surface area contributed by atoms with E-state index < -0.39 is 23.9 Å². The lowest BCUT2D eigenvalue weighted by Crippen LogP contribution is -2.40. The smallest absolute Gasteiger partial charge is 0.326 e. The monoisotopic (exact) mass is 327 g/mol. The van der Waals surface area contributed by atoms with Crippen LogP contribution in [0.3, 0.4) is 0 Å². The van der Waals surface area contributed by atoms with Gasteiger partial charge in [0.05, 0.1) is 12.0 Å². The number of carboxylic acid groups (broad SMARTS) is 1. The second kappa shape index (κ2) is 6.68. The summed E-state index contributed by atoms with van der Waals surface area (Å²) in [5.41, 5.74) is 0. The summed E-state index contributed by atoms with van der Waals surface area (Å²) in [5, 5.41) is 13.5. The number of amides is 1. The molecule has 2 aromatic heterocycles. The molecule has 0 aliphatic heterocycles. The number of carbonyl (C=O) groups is 3. The summed E-state index contributed by atoms with van der Waals surface area (Å²) >= 11 is 2.83. The van der Waals surface area contributed by atoms with Crippen molar-refractivity contribution in [2.45, 2.75) is 18.9 Å². The van der Waals surface area contributed by atoms with E-state index in [1.54, 1.807) is 6.07 Å². The number of thiophene rings is 2. The molecule has 0 bridgehead atoms. The lowest BCUT2D eigenvalue weighted by atomic mass is 10.1. The number of carboxylic acids is 1. The van der Waals surface area contributed by atoms with Crippen LogP contribution in [0.4, 0.5) is 0 Å². The van der Waals surface area contributed by atoms with Crippen LogP contribution in [-0.4, -0.2) is 36.1 Å². The lowest BCUT2D eigenvalue weighted by Gasteiger charge is -2.13. The van der Waals surface area contributed by atoms with Crippen molar-refractivity contribution >= 4 is 49.9 Å². The minimum Gasteiger partial charge on any atom is -0.480 e. The fraction of sp³-hybridized carbons (Fsp3) is 0.308. The van der Waals surface area contributed by atoms with Crippen LogP contribution in [0.2, 0.25) is 0 Å². The highest BCUT2D eigenvalue weighted by Gasteiger charge is 2.22. The van der Waals surface area contributed by atoms with Crippen LogP contribution in [0.5, 0.6) is 0 Å². The first-order valence-electron chi connectivity index (χ1n) is 6.08. The van der Waals surface area contributed by atoms with Gasteiger partial charge in [0.15, 0.2) is 0 Å². The van der Waals surface area contributed by atoms with Crippen LogP contribution in [0.25, 0.3) is 9.40 Å². The maximum absolute atomic E-state index is 12.1. The molecule has 21 heavy (non-hydrogen) atoms. The van der Waals surface area contributed by atoms with Crippen molar-refractivity contribution in [3.63, 3.8) is 0 Å². The molecule has 1 unspecified atom stereocenters. The van der Waals surface area contributed by atoms with E-state index in [2.05, 4.69) is 10.1 Å². The van der Waals surface area contributed by atoms with Crippen LogP contribution in [-0.2, 0) is 14.3 Å². The Labute approximate surface area is 128 Å². The Bertz CT molecular complexity index is 646. The van der Waals surface area contributed by atoms with E-state index >= 15 is 0 Å². The predicted molar refractivity (Wildman–Crippen MR) is 79.8 cm³/mol. The molecule has 0 fully saturated rings. The summed E-state index contributed by atoms with van der Waals surface area (Å²) in [7, 11) is 1.23. The first kappa shape index (κ1) is 15.5. The minimum atomic E-state index is -1.18. The topological polar surface area (TPSA) is 92.7 Å². The zero-order valence-electron chi connectivity index (χ0n) is 11.1. The van der Waals surface area contributed by atoms with E-state index in [1.165, 1.54) is 29.8 Å².